The summed E-state index contributed by atoms with van der Waals surface area (Å²) in [5.41, 5.74) is 4.36. The first-order valence-corrected chi connectivity index (χ1v) is 12.2. The maximum absolute atomic E-state index is 14.6. The molecule has 5 rings (SSSR count). The highest BCUT2D eigenvalue weighted by molar-refractivity contribution is 6.09. The molecule has 2 aliphatic rings. The van der Waals surface area contributed by atoms with E-state index in [1.807, 2.05) is 25.1 Å². The summed E-state index contributed by atoms with van der Waals surface area (Å²) in [5, 5.41) is 12.2. The molecule has 3 atom stereocenters. The minimum absolute atomic E-state index is 0.0107. The van der Waals surface area contributed by atoms with Crippen LogP contribution in [0.15, 0.2) is 24.5 Å². The first-order valence-electron chi connectivity index (χ1n) is 12.2. The summed E-state index contributed by atoms with van der Waals surface area (Å²) in [5.74, 6) is 0.263. The number of carbonyl (C=O) groups is 2. The zero-order chi connectivity index (χ0) is 25.6. The fourth-order valence-corrected chi connectivity index (χ4v) is 4.63. The predicted octanol–water partition coefficient (Wildman–Crippen LogP) is 2.69. The summed E-state index contributed by atoms with van der Waals surface area (Å²) in [6, 6.07) is 5.04. The molecule has 10 heteroatoms. The highest BCUT2D eigenvalue weighted by Gasteiger charge is 2.38. The van der Waals surface area contributed by atoms with Gasteiger partial charge in [-0.1, -0.05) is 11.6 Å². The number of hydrogen-bond donors (Lipinski definition) is 3. The molecule has 2 aromatic heterocycles. The Morgan fingerprint density at radius 2 is 2.06 bits per heavy atom. The van der Waals surface area contributed by atoms with Gasteiger partial charge >= 0.3 is 0 Å². The molecule has 3 aromatic rings. The summed E-state index contributed by atoms with van der Waals surface area (Å²) in [6.07, 6.45) is 1.10. The lowest BCUT2D eigenvalue weighted by Crippen LogP contribution is -2.42. The van der Waals surface area contributed by atoms with Gasteiger partial charge in [0.25, 0.3) is 11.8 Å². The molecule has 2 fully saturated rings. The normalized spacial score (nSPS) is 20.5. The van der Waals surface area contributed by atoms with Crippen LogP contribution in [-0.4, -0.2) is 74.8 Å². The lowest BCUT2D eigenvalue weighted by molar-refractivity contribution is -0.138. The summed E-state index contributed by atoms with van der Waals surface area (Å²) < 4.78 is 20.7. The van der Waals surface area contributed by atoms with Crippen molar-refractivity contribution in [2.45, 2.75) is 51.9 Å². The van der Waals surface area contributed by atoms with E-state index < -0.39 is 30.1 Å². The quantitative estimate of drug-likeness (QED) is 0.464. The van der Waals surface area contributed by atoms with Gasteiger partial charge in [-0.15, -0.1) is 0 Å². The molecule has 36 heavy (non-hydrogen) atoms. The number of aryl methyl sites for hydroxylation is 2. The molecule has 1 saturated carbocycles. The Hall–Kier alpha value is -3.53. The minimum atomic E-state index is -1.44. The second-order valence-corrected chi connectivity index (χ2v) is 9.84. The van der Waals surface area contributed by atoms with Crippen molar-refractivity contribution in [3.63, 3.8) is 0 Å². The van der Waals surface area contributed by atoms with Gasteiger partial charge in [-0.05, 0) is 51.7 Å². The standard InChI is InChI=1S/C26H30FN5O4/c1-13-4-7-20(36-11-16-5-6-16)17(8-13)22-24-23(29-12-28-22)21(14(2)30-24)25(34)31-19-10-32(9-18(19)27)26(35)15(3)33/h4,7-8,12,15-16,18-19,30,33H,5-6,9-11H2,1-3H3,(H,31,34)/t15-,18+,19+/m0/s1. The molecule has 1 aliphatic heterocycles. The first-order chi connectivity index (χ1) is 17.2. The van der Waals surface area contributed by atoms with Gasteiger partial charge in [-0.25, -0.2) is 14.4 Å². The summed E-state index contributed by atoms with van der Waals surface area (Å²) >= 11 is 0. The maximum atomic E-state index is 14.6. The van der Waals surface area contributed by atoms with Crippen molar-refractivity contribution in [2.24, 2.45) is 5.92 Å². The smallest absolute Gasteiger partial charge is 0.255 e. The first kappa shape index (κ1) is 24.2. The average molecular weight is 496 g/mol. The molecule has 190 valence electrons. The topological polar surface area (TPSA) is 120 Å². The Morgan fingerprint density at radius 3 is 2.78 bits per heavy atom. The average Bonchev–Trinajstić information content (AvgIpc) is 3.51. The van der Waals surface area contributed by atoms with E-state index in [4.69, 9.17) is 4.74 Å². The van der Waals surface area contributed by atoms with Crippen LogP contribution < -0.4 is 10.1 Å². The number of nitrogens with one attached hydrogen (secondary N) is 2. The van der Waals surface area contributed by atoms with Crippen LogP contribution in [0.4, 0.5) is 4.39 Å². The Morgan fingerprint density at radius 1 is 1.28 bits per heavy atom. The van der Waals surface area contributed by atoms with Crippen LogP contribution in [0.1, 0.15) is 41.4 Å². The number of alkyl halides is 1. The van der Waals surface area contributed by atoms with Crippen molar-refractivity contribution in [3.05, 3.63) is 41.3 Å². The summed E-state index contributed by atoms with van der Waals surface area (Å²) in [7, 11) is 0. The number of likely N-dealkylation sites (tertiary alicyclic amines) is 1. The second-order valence-electron chi connectivity index (χ2n) is 9.84. The Bertz CT molecular complexity index is 1320. The molecular weight excluding hydrogens is 465 g/mol. The molecule has 0 bridgehead atoms. The number of fused-ring (bicyclic) bond motifs is 1. The van der Waals surface area contributed by atoms with Crippen molar-refractivity contribution in [1.82, 2.24) is 25.2 Å². The minimum Gasteiger partial charge on any atom is -0.493 e. The van der Waals surface area contributed by atoms with Gasteiger partial charge in [0.1, 0.15) is 35.6 Å². The highest BCUT2D eigenvalue weighted by atomic mass is 19.1. The van der Waals surface area contributed by atoms with Crippen LogP contribution in [0.5, 0.6) is 5.75 Å². The van der Waals surface area contributed by atoms with Crippen LogP contribution >= 0.6 is 0 Å². The molecule has 0 spiro atoms. The number of aliphatic hydroxyl groups is 1. The molecule has 1 saturated heterocycles. The number of carbonyl (C=O) groups excluding carboxylic acids is 2. The lowest BCUT2D eigenvalue weighted by Gasteiger charge is -2.18. The third kappa shape index (κ3) is 4.65. The fourth-order valence-electron chi connectivity index (χ4n) is 4.63. The van der Waals surface area contributed by atoms with E-state index in [2.05, 4.69) is 20.3 Å². The number of aromatic amines is 1. The molecule has 3 heterocycles. The zero-order valence-electron chi connectivity index (χ0n) is 20.5. The van der Waals surface area contributed by atoms with E-state index in [0.29, 0.717) is 40.5 Å². The number of halogens is 1. The van der Waals surface area contributed by atoms with E-state index in [-0.39, 0.29) is 13.1 Å². The summed E-state index contributed by atoms with van der Waals surface area (Å²) in [4.78, 5) is 38.7. The van der Waals surface area contributed by atoms with E-state index in [9.17, 15) is 19.1 Å². The van der Waals surface area contributed by atoms with E-state index in [1.165, 1.54) is 31.0 Å². The number of aromatic nitrogens is 3. The van der Waals surface area contributed by atoms with Gasteiger partial charge in [-0.3, -0.25) is 9.59 Å². The van der Waals surface area contributed by atoms with Crippen molar-refractivity contribution < 1.29 is 23.8 Å². The number of hydrogen-bond acceptors (Lipinski definition) is 6. The van der Waals surface area contributed by atoms with Crippen molar-refractivity contribution >= 4 is 22.8 Å². The Labute approximate surface area is 208 Å². The third-order valence-electron chi connectivity index (χ3n) is 6.79. The maximum Gasteiger partial charge on any atom is 0.255 e. The van der Waals surface area contributed by atoms with Crippen LogP contribution in [0.3, 0.4) is 0 Å². The molecule has 3 N–H and O–H groups in total. The van der Waals surface area contributed by atoms with E-state index in [1.54, 1.807) is 6.92 Å². The summed E-state index contributed by atoms with van der Waals surface area (Å²) in [6.45, 7) is 5.55. The van der Waals surface area contributed by atoms with Gasteiger partial charge in [0.15, 0.2) is 0 Å². The highest BCUT2D eigenvalue weighted by Crippen LogP contribution is 2.37. The Balaban J connectivity index is 1.44. The largest absolute Gasteiger partial charge is 0.493 e. The van der Waals surface area contributed by atoms with Crippen LogP contribution in [0.25, 0.3) is 22.3 Å². The van der Waals surface area contributed by atoms with Gasteiger partial charge in [0, 0.05) is 17.8 Å². The van der Waals surface area contributed by atoms with Gasteiger partial charge in [0.05, 0.1) is 30.3 Å². The molecule has 0 unspecified atom stereocenters. The molecule has 1 aromatic carbocycles. The predicted molar refractivity (Wildman–Crippen MR) is 131 cm³/mol. The molecule has 9 nitrogen and oxygen atoms in total. The van der Waals surface area contributed by atoms with Crippen molar-refractivity contribution in [2.75, 3.05) is 19.7 Å². The third-order valence-corrected chi connectivity index (χ3v) is 6.79. The SMILES string of the molecule is Cc1ccc(OCC2CC2)c(-c2ncnc3c(C(=O)N[C@@H]4CN(C(=O)[C@H](C)O)C[C@H]4F)c(C)[nH]c23)c1. The van der Waals surface area contributed by atoms with Crippen molar-refractivity contribution in [3.8, 4) is 17.0 Å². The van der Waals surface area contributed by atoms with Gasteiger partial charge in [0.2, 0.25) is 0 Å². The molecule has 1 aliphatic carbocycles. The second kappa shape index (κ2) is 9.50. The number of H-pyrrole nitrogens is 1. The van der Waals surface area contributed by atoms with Gasteiger partial charge in [-0.2, -0.15) is 0 Å². The van der Waals surface area contributed by atoms with Crippen LogP contribution in [0.2, 0.25) is 0 Å². The van der Waals surface area contributed by atoms with Crippen LogP contribution in [-0.2, 0) is 4.79 Å². The zero-order valence-corrected chi connectivity index (χ0v) is 20.5. The number of nitrogens with zero attached hydrogens (tertiary/aromatic N) is 3. The van der Waals surface area contributed by atoms with E-state index >= 15 is 0 Å². The number of ether oxygens (including phenoxy) is 1. The molecular formula is C26H30FN5O4. The number of rotatable bonds is 7. The number of amides is 2. The molecule has 0 radical (unpaired) electrons. The number of aliphatic hydroxyl groups excluding tert-OH is 1. The fraction of sp³-hybridized carbons (Fsp3) is 0.462. The van der Waals surface area contributed by atoms with Crippen molar-refractivity contribution in [1.29, 1.82) is 0 Å². The lowest BCUT2D eigenvalue weighted by atomic mass is 10.1. The monoisotopic (exact) mass is 495 g/mol. The van der Waals surface area contributed by atoms with Gasteiger partial charge < -0.3 is 25.0 Å². The van der Waals surface area contributed by atoms with Crippen LogP contribution in [0, 0.1) is 19.8 Å². The van der Waals surface area contributed by atoms with E-state index in [0.717, 1.165) is 16.9 Å². The Kier molecular flexibility index (Phi) is 6.38. The molecule has 2 amide bonds. The number of benzene rings is 1.